The van der Waals surface area contributed by atoms with E-state index >= 15 is 0 Å². The molecule has 6 heteroatoms. The highest BCUT2D eigenvalue weighted by atomic mass is 35.5. The monoisotopic (exact) mass is 349 g/mol. The molecule has 3 rings (SSSR count). The molecular formula is C18H24ClN3O2. The largest absolute Gasteiger partial charge is 0.464 e. The SMILES string of the molecule is Cc1cc(C(C)NC2CCN(C(=O)c3cc(Cl)c[nH]3)CC2)oc1C. The fraction of sp³-hybridized carbons (Fsp3) is 0.500. The Morgan fingerprint density at radius 3 is 2.62 bits per heavy atom. The lowest BCUT2D eigenvalue weighted by molar-refractivity contribution is 0.0696. The second-order valence-electron chi connectivity index (χ2n) is 6.57. The van der Waals surface area contributed by atoms with Crippen LogP contribution in [-0.2, 0) is 0 Å². The van der Waals surface area contributed by atoms with Gasteiger partial charge in [0.25, 0.3) is 5.91 Å². The Bertz CT molecular complexity index is 694. The number of amides is 1. The predicted octanol–water partition coefficient (Wildman–Crippen LogP) is 3.83. The highest BCUT2D eigenvalue weighted by Crippen LogP contribution is 2.22. The Hall–Kier alpha value is -1.72. The molecule has 1 saturated heterocycles. The van der Waals surface area contributed by atoms with E-state index in [1.54, 1.807) is 12.3 Å². The van der Waals surface area contributed by atoms with Gasteiger partial charge >= 0.3 is 0 Å². The van der Waals surface area contributed by atoms with Gasteiger partial charge in [-0.25, -0.2) is 0 Å². The van der Waals surface area contributed by atoms with E-state index < -0.39 is 0 Å². The van der Waals surface area contributed by atoms with E-state index in [-0.39, 0.29) is 11.9 Å². The molecule has 0 bridgehead atoms. The Balaban J connectivity index is 1.52. The topological polar surface area (TPSA) is 61.3 Å². The maximum absolute atomic E-state index is 12.4. The summed E-state index contributed by atoms with van der Waals surface area (Å²) >= 11 is 5.87. The fourth-order valence-electron chi connectivity index (χ4n) is 3.16. The summed E-state index contributed by atoms with van der Waals surface area (Å²) in [6.45, 7) is 7.66. The van der Waals surface area contributed by atoms with Crippen molar-refractivity contribution in [2.24, 2.45) is 0 Å². The number of rotatable bonds is 4. The molecule has 5 nitrogen and oxygen atoms in total. The van der Waals surface area contributed by atoms with E-state index in [4.69, 9.17) is 16.0 Å². The van der Waals surface area contributed by atoms with Crippen LogP contribution in [0.3, 0.4) is 0 Å². The van der Waals surface area contributed by atoms with Gasteiger partial charge < -0.3 is 19.6 Å². The van der Waals surface area contributed by atoms with Crippen molar-refractivity contribution in [2.75, 3.05) is 13.1 Å². The molecular weight excluding hydrogens is 326 g/mol. The third-order valence-electron chi connectivity index (χ3n) is 4.76. The van der Waals surface area contributed by atoms with Crippen LogP contribution < -0.4 is 5.32 Å². The maximum Gasteiger partial charge on any atom is 0.270 e. The number of aryl methyl sites for hydroxylation is 2. The Labute approximate surface area is 147 Å². The number of hydrogen-bond acceptors (Lipinski definition) is 3. The molecule has 1 fully saturated rings. The molecule has 1 amide bonds. The molecule has 0 saturated carbocycles. The number of nitrogens with zero attached hydrogens (tertiary/aromatic N) is 1. The minimum Gasteiger partial charge on any atom is -0.464 e. The number of halogens is 1. The van der Waals surface area contributed by atoms with Gasteiger partial charge in [0.2, 0.25) is 0 Å². The van der Waals surface area contributed by atoms with Gasteiger partial charge in [0.1, 0.15) is 17.2 Å². The lowest BCUT2D eigenvalue weighted by Crippen LogP contribution is -2.45. The first-order valence-corrected chi connectivity index (χ1v) is 8.78. The van der Waals surface area contributed by atoms with Gasteiger partial charge in [-0.1, -0.05) is 11.6 Å². The molecule has 0 spiro atoms. The van der Waals surface area contributed by atoms with E-state index in [2.05, 4.69) is 30.2 Å². The number of aromatic amines is 1. The van der Waals surface area contributed by atoms with Crippen molar-refractivity contribution in [3.8, 4) is 0 Å². The van der Waals surface area contributed by atoms with E-state index in [1.807, 2.05) is 11.8 Å². The van der Waals surface area contributed by atoms with E-state index in [1.165, 1.54) is 5.56 Å². The predicted molar refractivity (Wildman–Crippen MR) is 94.5 cm³/mol. The third-order valence-corrected chi connectivity index (χ3v) is 4.98. The molecule has 2 N–H and O–H groups in total. The smallest absolute Gasteiger partial charge is 0.270 e. The average Bonchev–Trinajstić information content (AvgIpc) is 3.14. The molecule has 0 aromatic carbocycles. The van der Waals surface area contributed by atoms with Crippen LogP contribution in [0.15, 0.2) is 22.7 Å². The molecule has 0 radical (unpaired) electrons. The zero-order chi connectivity index (χ0) is 17.3. The van der Waals surface area contributed by atoms with Crippen molar-refractivity contribution >= 4 is 17.5 Å². The van der Waals surface area contributed by atoms with Gasteiger partial charge in [0.05, 0.1) is 11.1 Å². The van der Waals surface area contributed by atoms with Gasteiger partial charge in [0.15, 0.2) is 0 Å². The third kappa shape index (κ3) is 3.68. The number of aromatic nitrogens is 1. The van der Waals surface area contributed by atoms with Gasteiger partial charge in [-0.05, 0) is 51.3 Å². The van der Waals surface area contributed by atoms with Gasteiger partial charge in [-0.15, -0.1) is 0 Å². The Morgan fingerprint density at radius 2 is 2.08 bits per heavy atom. The summed E-state index contributed by atoms with van der Waals surface area (Å²) in [5.41, 5.74) is 1.74. The van der Waals surface area contributed by atoms with E-state index in [0.717, 1.165) is 37.5 Å². The van der Waals surface area contributed by atoms with Gasteiger partial charge in [-0.3, -0.25) is 4.79 Å². The summed E-state index contributed by atoms with van der Waals surface area (Å²) < 4.78 is 5.79. The zero-order valence-corrected chi connectivity index (χ0v) is 15.1. The maximum atomic E-state index is 12.4. The van der Waals surface area contributed by atoms with Crippen LogP contribution in [0.1, 0.15) is 53.4 Å². The number of piperidine rings is 1. The first-order chi connectivity index (χ1) is 11.4. The van der Waals surface area contributed by atoms with Crippen LogP contribution in [-0.4, -0.2) is 34.9 Å². The number of likely N-dealkylation sites (tertiary alicyclic amines) is 1. The molecule has 1 atom stereocenters. The van der Waals surface area contributed by atoms with Crippen molar-refractivity contribution < 1.29 is 9.21 Å². The normalized spacial score (nSPS) is 17.2. The molecule has 0 aliphatic carbocycles. The molecule has 1 unspecified atom stereocenters. The molecule has 2 aromatic heterocycles. The number of nitrogens with one attached hydrogen (secondary N) is 2. The van der Waals surface area contributed by atoms with Crippen molar-refractivity contribution in [1.82, 2.24) is 15.2 Å². The van der Waals surface area contributed by atoms with Crippen molar-refractivity contribution in [3.05, 3.63) is 46.1 Å². The van der Waals surface area contributed by atoms with Crippen LogP contribution in [0, 0.1) is 13.8 Å². The highest BCUT2D eigenvalue weighted by Gasteiger charge is 2.26. The van der Waals surface area contributed by atoms with E-state index in [9.17, 15) is 4.79 Å². The molecule has 24 heavy (non-hydrogen) atoms. The Kier molecular flexibility index (Phi) is 5.01. The van der Waals surface area contributed by atoms with Crippen molar-refractivity contribution in [1.29, 1.82) is 0 Å². The van der Waals surface area contributed by atoms with Crippen LogP contribution in [0.2, 0.25) is 5.02 Å². The lowest BCUT2D eigenvalue weighted by atomic mass is 10.0. The average molecular weight is 350 g/mol. The number of furan rings is 1. The Morgan fingerprint density at radius 1 is 1.38 bits per heavy atom. The minimum absolute atomic E-state index is 0.0192. The zero-order valence-electron chi connectivity index (χ0n) is 14.4. The second kappa shape index (κ2) is 7.03. The number of hydrogen-bond donors (Lipinski definition) is 2. The first-order valence-electron chi connectivity index (χ1n) is 8.40. The summed E-state index contributed by atoms with van der Waals surface area (Å²) in [4.78, 5) is 17.2. The molecule has 130 valence electrons. The second-order valence-corrected chi connectivity index (χ2v) is 7.01. The van der Waals surface area contributed by atoms with E-state index in [0.29, 0.717) is 16.8 Å². The summed E-state index contributed by atoms with van der Waals surface area (Å²) in [5.74, 6) is 1.97. The fourth-order valence-corrected chi connectivity index (χ4v) is 3.33. The summed E-state index contributed by atoms with van der Waals surface area (Å²) in [5, 5.41) is 4.18. The van der Waals surface area contributed by atoms with Gasteiger partial charge in [0, 0.05) is 25.3 Å². The summed E-state index contributed by atoms with van der Waals surface area (Å²) in [6.07, 6.45) is 3.50. The van der Waals surface area contributed by atoms with Crippen LogP contribution >= 0.6 is 11.6 Å². The minimum atomic E-state index is 0.0192. The molecule has 2 aromatic rings. The van der Waals surface area contributed by atoms with Crippen LogP contribution in [0.5, 0.6) is 0 Å². The van der Waals surface area contributed by atoms with Crippen molar-refractivity contribution in [2.45, 2.75) is 45.7 Å². The number of carbonyl (C=O) groups excluding carboxylic acids is 1. The first kappa shape index (κ1) is 17.1. The summed E-state index contributed by atoms with van der Waals surface area (Å²) in [6, 6.07) is 4.34. The van der Waals surface area contributed by atoms with Crippen LogP contribution in [0.4, 0.5) is 0 Å². The highest BCUT2D eigenvalue weighted by molar-refractivity contribution is 6.30. The lowest BCUT2D eigenvalue weighted by Gasteiger charge is -2.33. The number of H-pyrrole nitrogens is 1. The summed E-state index contributed by atoms with van der Waals surface area (Å²) in [7, 11) is 0. The molecule has 3 heterocycles. The van der Waals surface area contributed by atoms with Crippen molar-refractivity contribution in [3.63, 3.8) is 0 Å². The van der Waals surface area contributed by atoms with Gasteiger partial charge in [-0.2, -0.15) is 0 Å². The number of carbonyl (C=O) groups is 1. The quantitative estimate of drug-likeness (QED) is 0.881. The van der Waals surface area contributed by atoms with Crippen LogP contribution in [0.25, 0.3) is 0 Å². The molecule has 1 aliphatic heterocycles. The standard InChI is InChI=1S/C18H24ClN3O2/c1-11-8-17(24-13(11)3)12(2)21-15-4-6-22(7-5-15)18(23)16-9-14(19)10-20-16/h8-10,12,15,20-21H,4-7H2,1-3H3. The molecule has 1 aliphatic rings.